The topological polar surface area (TPSA) is 49.0 Å². The minimum absolute atomic E-state index is 0.0950. The molecule has 1 N–H and O–H groups in total. The molecule has 0 aromatic carbocycles. The first kappa shape index (κ1) is 16.8. The second-order valence-corrected chi connectivity index (χ2v) is 3.76. The molecule has 1 unspecified atom stereocenters. The van der Waals surface area contributed by atoms with Gasteiger partial charge in [0.1, 0.15) is 0 Å². The van der Waals surface area contributed by atoms with Gasteiger partial charge in [0.05, 0.1) is 39.1 Å². The van der Waals surface area contributed by atoms with Gasteiger partial charge in [-0.15, -0.1) is 0 Å². The van der Waals surface area contributed by atoms with E-state index in [2.05, 4.69) is 12.2 Å². The molecule has 0 heterocycles. The van der Waals surface area contributed by atoms with E-state index in [0.717, 1.165) is 19.5 Å². The van der Waals surface area contributed by atoms with Crippen LogP contribution < -0.4 is 5.32 Å². The first-order valence-electron chi connectivity index (χ1n) is 6.23. The van der Waals surface area contributed by atoms with E-state index in [1.54, 1.807) is 14.2 Å². The van der Waals surface area contributed by atoms with Gasteiger partial charge in [-0.25, -0.2) is 0 Å². The smallest absolute Gasteiger partial charge is 0.0933 e. The molecule has 0 aromatic heterocycles. The maximum Gasteiger partial charge on any atom is 0.0933 e. The highest BCUT2D eigenvalue weighted by atomic mass is 16.6. The quantitative estimate of drug-likeness (QED) is 0.486. The maximum atomic E-state index is 5.66. The molecule has 0 aromatic rings. The standard InChI is InChI=1S/C12H27NO4/c1-4-5-13-10-12(11-15-3)17-9-8-16-7-6-14-2/h12-13H,4-11H2,1-3H3. The van der Waals surface area contributed by atoms with Crippen molar-refractivity contribution in [1.82, 2.24) is 5.32 Å². The van der Waals surface area contributed by atoms with E-state index < -0.39 is 0 Å². The molecule has 5 nitrogen and oxygen atoms in total. The largest absolute Gasteiger partial charge is 0.382 e. The van der Waals surface area contributed by atoms with Crippen LogP contribution in [-0.4, -0.2) is 66.4 Å². The van der Waals surface area contributed by atoms with Crippen LogP contribution in [0.1, 0.15) is 13.3 Å². The SMILES string of the molecule is CCCNCC(COC)OCCOCCOC. The molecule has 0 aliphatic heterocycles. The second-order valence-electron chi connectivity index (χ2n) is 3.76. The Kier molecular flexibility index (Phi) is 13.7. The molecule has 0 aliphatic rings. The Morgan fingerprint density at radius 1 is 1.00 bits per heavy atom. The summed E-state index contributed by atoms with van der Waals surface area (Å²) in [5.41, 5.74) is 0. The highest BCUT2D eigenvalue weighted by molar-refractivity contribution is 4.60. The maximum absolute atomic E-state index is 5.66. The molecule has 0 spiro atoms. The van der Waals surface area contributed by atoms with Gasteiger partial charge in [0.25, 0.3) is 0 Å². The van der Waals surface area contributed by atoms with Gasteiger partial charge in [0.2, 0.25) is 0 Å². The fourth-order valence-corrected chi connectivity index (χ4v) is 1.31. The summed E-state index contributed by atoms with van der Waals surface area (Å²) in [6.07, 6.45) is 1.22. The molecule has 17 heavy (non-hydrogen) atoms. The zero-order valence-electron chi connectivity index (χ0n) is 11.4. The third kappa shape index (κ3) is 12.1. The van der Waals surface area contributed by atoms with Crippen LogP contribution in [0.4, 0.5) is 0 Å². The highest BCUT2D eigenvalue weighted by Gasteiger charge is 2.07. The van der Waals surface area contributed by atoms with Crippen molar-refractivity contribution in [3.63, 3.8) is 0 Å². The van der Waals surface area contributed by atoms with Crippen LogP contribution >= 0.6 is 0 Å². The third-order valence-corrected chi connectivity index (χ3v) is 2.16. The normalized spacial score (nSPS) is 12.9. The molecule has 0 bridgehead atoms. The summed E-state index contributed by atoms with van der Waals surface area (Å²) in [5, 5.41) is 3.32. The van der Waals surface area contributed by atoms with Crippen LogP contribution in [0.5, 0.6) is 0 Å². The highest BCUT2D eigenvalue weighted by Crippen LogP contribution is 1.92. The Morgan fingerprint density at radius 3 is 2.41 bits per heavy atom. The predicted octanol–water partition coefficient (Wildman–Crippen LogP) is 0.681. The molecule has 0 saturated heterocycles. The number of methoxy groups -OCH3 is 2. The van der Waals surface area contributed by atoms with Crippen LogP contribution in [0.2, 0.25) is 0 Å². The Labute approximate surface area is 105 Å². The molecule has 104 valence electrons. The molecule has 5 heteroatoms. The number of hydrogen-bond acceptors (Lipinski definition) is 5. The van der Waals surface area contributed by atoms with Gasteiger partial charge in [0.15, 0.2) is 0 Å². The molecule has 0 amide bonds. The Morgan fingerprint density at radius 2 is 1.76 bits per heavy atom. The lowest BCUT2D eigenvalue weighted by Gasteiger charge is -2.17. The second kappa shape index (κ2) is 13.9. The van der Waals surface area contributed by atoms with Crippen molar-refractivity contribution in [3.05, 3.63) is 0 Å². The first-order valence-corrected chi connectivity index (χ1v) is 6.23. The van der Waals surface area contributed by atoms with Crippen LogP contribution in [-0.2, 0) is 18.9 Å². The Balaban J connectivity index is 3.41. The van der Waals surface area contributed by atoms with E-state index in [1.165, 1.54) is 0 Å². The van der Waals surface area contributed by atoms with Crippen molar-refractivity contribution < 1.29 is 18.9 Å². The van der Waals surface area contributed by atoms with E-state index in [4.69, 9.17) is 18.9 Å². The molecule has 0 rings (SSSR count). The zero-order valence-corrected chi connectivity index (χ0v) is 11.4. The van der Waals surface area contributed by atoms with E-state index >= 15 is 0 Å². The van der Waals surface area contributed by atoms with Gasteiger partial charge in [0, 0.05) is 20.8 Å². The summed E-state index contributed by atoms with van der Waals surface area (Å²) in [7, 11) is 3.35. The van der Waals surface area contributed by atoms with Crippen molar-refractivity contribution >= 4 is 0 Å². The number of ether oxygens (including phenoxy) is 4. The molecule has 0 aliphatic carbocycles. The van der Waals surface area contributed by atoms with Gasteiger partial charge >= 0.3 is 0 Å². The lowest BCUT2D eigenvalue weighted by atomic mass is 10.3. The Bertz CT molecular complexity index is 146. The van der Waals surface area contributed by atoms with Crippen molar-refractivity contribution in [2.45, 2.75) is 19.4 Å². The molecule has 1 atom stereocenters. The van der Waals surface area contributed by atoms with E-state index in [1.807, 2.05) is 0 Å². The zero-order chi connectivity index (χ0) is 12.8. The van der Waals surface area contributed by atoms with Gasteiger partial charge in [-0.3, -0.25) is 0 Å². The summed E-state index contributed by atoms with van der Waals surface area (Å²) >= 11 is 0. The first-order chi connectivity index (χ1) is 8.35. The van der Waals surface area contributed by atoms with E-state index in [0.29, 0.717) is 33.0 Å². The van der Waals surface area contributed by atoms with Crippen molar-refractivity contribution in [2.24, 2.45) is 0 Å². The Hall–Kier alpha value is -0.200. The lowest BCUT2D eigenvalue weighted by molar-refractivity contribution is -0.0325. The van der Waals surface area contributed by atoms with Crippen LogP contribution in [0, 0.1) is 0 Å². The molecular formula is C12H27NO4. The fourth-order valence-electron chi connectivity index (χ4n) is 1.31. The lowest BCUT2D eigenvalue weighted by Crippen LogP contribution is -2.34. The van der Waals surface area contributed by atoms with Gasteiger partial charge < -0.3 is 24.3 Å². The van der Waals surface area contributed by atoms with Gasteiger partial charge in [-0.05, 0) is 13.0 Å². The number of nitrogens with one attached hydrogen (secondary N) is 1. The van der Waals surface area contributed by atoms with Crippen LogP contribution in [0.15, 0.2) is 0 Å². The van der Waals surface area contributed by atoms with Crippen LogP contribution in [0.25, 0.3) is 0 Å². The van der Waals surface area contributed by atoms with E-state index in [-0.39, 0.29) is 6.10 Å². The number of rotatable bonds is 13. The monoisotopic (exact) mass is 249 g/mol. The third-order valence-electron chi connectivity index (χ3n) is 2.16. The van der Waals surface area contributed by atoms with E-state index in [9.17, 15) is 0 Å². The number of hydrogen-bond donors (Lipinski definition) is 1. The minimum Gasteiger partial charge on any atom is -0.382 e. The summed E-state index contributed by atoms with van der Waals surface area (Å²) in [5.74, 6) is 0. The average molecular weight is 249 g/mol. The minimum atomic E-state index is 0.0950. The summed E-state index contributed by atoms with van der Waals surface area (Å²) < 4.78 is 21.0. The molecule has 0 fully saturated rings. The summed E-state index contributed by atoms with van der Waals surface area (Å²) in [6.45, 7) is 7.00. The summed E-state index contributed by atoms with van der Waals surface area (Å²) in [6, 6.07) is 0. The molecule has 0 radical (unpaired) electrons. The van der Waals surface area contributed by atoms with Crippen molar-refractivity contribution in [1.29, 1.82) is 0 Å². The summed E-state index contributed by atoms with van der Waals surface area (Å²) in [4.78, 5) is 0. The van der Waals surface area contributed by atoms with Crippen molar-refractivity contribution in [2.75, 3.05) is 60.3 Å². The predicted molar refractivity (Wildman–Crippen MR) is 67.5 cm³/mol. The average Bonchev–Trinajstić information content (AvgIpc) is 2.34. The fraction of sp³-hybridized carbons (Fsp3) is 1.00. The molecule has 0 saturated carbocycles. The molecular weight excluding hydrogens is 222 g/mol. The van der Waals surface area contributed by atoms with Crippen LogP contribution in [0.3, 0.4) is 0 Å². The van der Waals surface area contributed by atoms with Gasteiger partial charge in [-0.1, -0.05) is 6.92 Å². The van der Waals surface area contributed by atoms with Crippen molar-refractivity contribution in [3.8, 4) is 0 Å². The van der Waals surface area contributed by atoms with Gasteiger partial charge in [-0.2, -0.15) is 0 Å².